The highest BCUT2D eigenvalue weighted by Gasteiger charge is 2.26. The minimum atomic E-state index is -1.08. The maximum Gasteiger partial charge on any atom is 0.335 e. The van der Waals surface area contributed by atoms with Crippen molar-refractivity contribution in [1.29, 1.82) is 0 Å². The molecule has 3 rings (SSSR count). The van der Waals surface area contributed by atoms with E-state index >= 15 is 0 Å². The number of hydrogen-bond acceptors (Lipinski definition) is 5. The van der Waals surface area contributed by atoms with Gasteiger partial charge in [-0.25, -0.2) is 4.79 Å². The number of carboxylic acids is 1. The Labute approximate surface area is 153 Å². The van der Waals surface area contributed by atoms with E-state index in [9.17, 15) is 14.7 Å². The molecule has 2 heterocycles. The van der Waals surface area contributed by atoms with E-state index in [2.05, 4.69) is 4.90 Å². The van der Waals surface area contributed by atoms with Gasteiger partial charge in [0.2, 0.25) is 0 Å². The molecular weight excluding hydrogens is 336 g/mol. The van der Waals surface area contributed by atoms with E-state index in [1.165, 1.54) is 32.1 Å². The molecule has 142 valence electrons. The Hall–Kier alpha value is -2.12. The molecule has 1 amide bonds. The molecule has 7 heteroatoms. The first kappa shape index (κ1) is 18.7. The zero-order valence-electron chi connectivity index (χ0n) is 15.1. The van der Waals surface area contributed by atoms with E-state index < -0.39 is 5.97 Å². The van der Waals surface area contributed by atoms with Gasteiger partial charge in [0.05, 0.1) is 18.8 Å². The normalized spacial score (nSPS) is 21.4. The summed E-state index contributed by atoms with van der Waals surface area (Å²) in [4.78, 5) is 28.5. The number of ether oxygens (including phenoxy) is 2. The van der Waals surface area contributed by atoms with Crippen molar-refractivity contribution in [3.63, 3.8) is 0 Å². The third-order valence-electron chi connectivity index (χ3n) is 4.93. The number of aromatic carboxylic acids is 1. The Morgan fingerprint density at radius 1 is 1.15 bits per heavy atom. The standard InChI is InChI=1S/C19H26N2O5/c1-25-16-10-14(9-15(11-16)19(23)24)18(22)21-7-4-8-26-17(13-21)12-20-5-2-3-6-20/h9-11,17H,2-8,12-13H2,1H3,(H,23,24)/t17-/m1/s1. The first-order chi connectivity index (χ1) is 12.6. The molecule has 0 bridgehead atoms. The molecule has 0 aliphatic carbocycles. The molecule has 1 N–H and O–H groups in total. The average Bonchev–Trinajstić information content (AvgIpc) is 3.04. The zero-order valence-corrected chi connectivity index (χ0v) is 15.1. The van der Waals surface area contributed by atoms with Crippen molar-refractivity contribution in [2.75, 3.05) is 46.4 Å². The van der Waals surface area contributed by atoms with Gasteiger partial charge in [0.1, 0.15) is 5.75 Å². The van der Waals surface area contributed by atoms with E-state index in [0.29, 0.717) is 31.0 Å². The monoisotopic (exact) mass is 362 g/mol. The van der Waals surface area contributed by atoms with Crippen LogP contribution in [0.25, 0.3) is 0 Å². The van der Waals surface area contributed by atoms with Crippen LogP contribution in [-0.2, 0) is 4.74 Å². The van der Waals surface area contributed by atoms with Gasteiger partial charge >= 0.3 is 5.97 Å². The quantitative estimate of drug-likeness (QED) is 0.859. The number of methoxy groups -OCH3 is 1. The maximum atomic E-state index is 13.0. The minimum Gasteiger partial charge on any atom is -0.497 e. The fourth-order valence-electron chi connectivity index (χ4n) is 3.59. The Morgan fingerprint density at radius 2 is 1.88 bits per heavy atom. The Kier molecular flexibility index (Phi) is 6.11. The second-order valence-corrected chi connectivity index (χ2v) is 6.86. The maximum absolute atomic E-state index is 13.0. The highest BCUT2D eigenvalue weighted by Crippen LogP contribution is 2.20. The van der Waals surface area contributed by atoms with Crippen LogP contribution in [0.4, 0.5) is 0 Å². The molecular formula is C19H26N2O5. The number of hydrogen-bond donors (Lipinski definition) is 1. The van der Waals surface area contributed by atoms with Gasteiger partial charge in [-0.15, -0.1) is 0 Å². The lowest BCUT2D eigenvalue weighted by molar-refractivity contribution is 0.0297. The molecule has 0 radical (unpaired) electrons. The van der Waals surface area contributed by atoms with Crippen molar-refractivity contribution in [2.45, 2.75) is 25.4 Å². The summed E-state index contributed by atoms with van der Waals surface area (Å²) in [5.41, 5.74) is 0.385. The third kappa shape index (κ3) is 4.53. The van der Waals surface area contributed by atoms with Crippen LogP contribution in [0.2, 0.25) is 0 Å². The smallest absolute Gasteiger partial charge is 0.335 e. The molecule has 0 aromatic heterocycles. The van der Waals surface area contributed by atoms with E-state index in [-0.39, 0.29) is 17.6 Å². The van der Waals surface area contributed by atoms with Crippen LogP contribution < -0.4 is 4.74 Å². The second-order valence-electron chi connectivity index (χ2n) is 6.86. The fraction of sp³-hybridized carbons (Fsp3) is 0.579. The highest BCUT2D eigenvalue weighted by molar-refractivity contribution is 5.98. The van der Waals surface area contributed by atoms with Gasteiger partial charge in [0.15, 0.2) is 0 Å². The Bertz CT molecular complexity index is 657. The summed E-state index contributed by atoms with van der Waals surface area (Å²) in [7, 11) is 1.46. The number of carboxylic acid groups (broad SMARTS) is 1. The molecule has 2 saturated heterocycles. The van der Waals surface area contributed by atoms with Gasteiger partial charge in [-0.1, -0.05) is 0 Å². The molecule has 1 atom stereocenters. The van der Waals surface area contributed by atoms with Gasteiger partial charge in [-0.3, -0.25) is 4.79 Å². The number of likely N-dealkylation sites (tertiary alicyclic amines) is 1. The summed E-state index contributed by atoms with van der Waals surface area (Å²) in [6.45, 7) is 4.78. The summed E-state index contributed by atoms with van der Waals surface area (Å²) >= 11 is 0. The lowest BCUT2D eigenvalue weighted by Crippen LogP contribution is -2.41. The van der Waals surface area contributed by atoms with E-state index in [4.69, 9.17) is 9.47 Å². The molecule has 26 heavy (non-hydrogen) atoms. The largest absolute Gasteiger partial charge is 0.497 e. The number of nitrogens with zero attached hydrogens (tertiary/aromatic N) is 2. The summed E-state index contributed by atoms with van der Waals surface area (Å²) in [6.07, 6.45) is 3.20. The number of rotatable bonds is 5. The van der Waals surface area contributed by atoms with E-state index in [1.807, 2.05) is 0 Å². The first-order valence-corrected chi connectivity index (χ1v) is 9.12. The van der Waals surface area contributed by atoms with Crippen molar-refractivity contribution >= 4 is 11.9 Å². The molecule has 1 aromatic rings. The third-order valence-corrected chi connectivity index (χ3v) is 4.93. The topological polar surface area (TPSA) is 79.3 Å². The van der Waals surface area contributed by atoms with Crippen LogP contribution in [0, 0.1) is 0 Å². The van der Waals surface area contributed by atoms with Crippen molar-refractivity contribution in [2.24, 2.45) is 0 Å². The summed E-state index contributed by atoms with van der Waals surface area (Å²) in [5, 5.41) is 9.26. The molecule has 2 aliphatic rings. The molecule has 2 aliphatic heterocycles. The van der Waals surface area contributed by atoms with E-state index in [0.717, 1.165) is 26.1 Å². The molecule has 0 spiro atoms. The predicted octanol–water partition coefficient (Wildman–Crippen LogP) is 1.72. The zero-order chi connectivity index (χ0) is 18.5. The van der Waals surface area contributed by atoms with Crippen LogP contribution in [0.1, 0.15) is 40.0 Å². The van der Waals surface area contributed by atoms with Gasteiger partial charge < -0.3 is 24.4 Å². The summed E-state index contributed by atoms with van der Waals surface area (Å²) < 4.78 is 11.1. The minimum absolute atomic E-state index is 0.0101. The first-order valence-electron chi connectivity index (χ1n) is 9.12. The van der Waals surface area contributed by atoms with Crippen LogP contribution in [0.5, 0.6) is 5.75 Å². The number of carbonyl (C=O) groups excluding carboxylic acids is 1. The molecule has 2 fully saturated rings. The highest BCUT2D eigenvalue weighted by atomic mass is 16.5. The van der Waals surface area contributed by atoms with Crippen LogP contribution in [0.3, 0.4) is 0 Å². The van der Waals surface area contributed by atoms with Crippen molar-refractivity contribution in [3.05, 3.63) is 29.3 Å². The van der Waals surface area contributed by atoms with Crippen LogP contribution in [-0.4, -0.2) is 79.3 Å². The van der Waals surface area contributed by atoms with Crippen LogP contribution >= 0.6 is 0 Å². The number of benzene rings is 1. The predicted molar refractivity (Wildman–Crippen MR) is 95.9 cm³/mol. The van der Waals surface area contributed by atoms with Gasteiger partial charge in [-0.2, -0.15) is 0 Å². The van der Waals surface area contributed by atoms with Gasteiger partial charge in [-0.05, 0) is 50.6 Å². The Balaban J connectivity index is 1.74. The lowest BCUT2D eigenvalue weighted by Gasteiger charge is -2.27. The van der Waals surface area contributed by atoms with Crippen molar-refractivity contribution in [1.82, 2.24) is 9.80 Å². The van der Waals surface area contributed by atoms with Gasteiger partial charge in [0.25, 0.3) is 5.91 Å². The van der Waals surface area contributed by atoms with Gasteiger partial charge in [0, 0.05) is 31.8 Å². The average molecular weight is 362 g/mol. The molecule has 7 nitrogen and oxygen atoms in total. The number of amides is 1. The molecule has 0 saturated carbocycles. The molecule has 1 aromatic carbocycles. The SMILES string of the molecule is COc1cc(C(=O)O)cc(C(=O)N2CCCO[C@H](CN3CCCC3)C2)c1. The van der Waals surface area contributed by atoms with Crippen molar-refractivity contribution in [3.8, 4) is 5.75 Å². The lowest BCUT2D eigenvalue weighted by atomic mass is 10.1. The summed E-state index contributed by atoms with van der Waals surface area (Å²) in [6, 6.07) is 4.42. The summed E-state index contributed by atoms with van der Waals surface area (Å²) in [5.74, 6) is -0.889. The van der Waals surface area contributed by atoms with Crippen LogP contribution in [0.15, 0.2) is 18.2 Å². The number of carbonyl (C=O) groups is 2. The van der Waals surface area contributed by atoms with Crippen molar-refractivity contribution < 1.29 is 24.2 Å². The van der Waals surface area contributed by atoms with E-state index in [1.54, 1.807) is 11.0 Å². The Morgan fingerprint density at radius 3 is 2.58 bits per heavy atom. The second kappa shape index (κ2) is 8.51. The molecule has 0 unspecified atom stereocenters. The fourth-order valence-corrected chi connectivity index (χ4v) is 3.59.